The molecule has 0 saturated heterocycles. The molecule has 0 aliphatic carbocycles. The molecule has 0 bridgehead atoms. The van der Waals surface area contributed by atoms with Crippen molar-refractivity contribution in [3.05, 3.63) is 27.3 Å². The molecule has 0 fully saturated rings. The molecule has 158 valence electrons. The Balaban J connectivity index is 2.41. The van der Waals surface area contributed by atoms with Gasteiger partial charge in [0.2, 0.25) is 0 Å². The largest absolute Gasteiger partial charge is 0.435 e. The van der Waals surface area contributed by atoms with E-state index < -0.39 is 28.7 Å². The molecule has 13 heteroatoms. The average molecular weight is 496 g/mol. The van der Waals surface area contributed by atoms with Gasteiger partial charge in [-0.05, 0) is 28.9 Å². The van der Waals surface area contributed by atoms with Gasteiger partial charge in [-0.3, -0.25) is 10.1 Å². The number of amides is 3. The number of nitrogens with one attached hydrogen (secondary N) is 3. The lowest BCUT2D eigenvalue weighted by molar-refractivity contribution is -0.141. The SMILES string of the molecule is CCNC(=O)Nc1cc(-c2nc(C(F)(F)F)c(C(=O)NCCOC)s2)c(Br)cn1. The van der Waals surface area contributed by atoms with Gasteiger partial charge in [0.1, 0.15) is 15.7 Å². The molecule has 8 nitrogen and oxygen atoms in total. The molecule has 0 aliphatic rings. The predicted molar refractivity (Wildman–Crippen MR) is 105 cm³/mol. The number of carbonyl (C=O) groups is 2. The molecule has 3 N–H and O–H groups in total. The lowest BCUT2D eigenvalue weighted by Crippen LogP contribution is -2.28. The fourth-order valence-corrected chi connectivity index (χ4v) is 3.69. The van der Waals surface area contributed by atoms with Crippen LogP contribution in [0.5, 0.6) is 0 Å². The number of methoxy groups -OCH3 is 1. The summed E-state index contributed by atoms with van der Waals surface area (Å²) in [6.45, 7) is 2.33. The summed E-state index contributed by atoms with van der Waals surface area (Å²) >= 11 is 3.80. The summed E-state index contributed by atoms with van der Waals surface area (Å²) in [5.74, 6) is -0.784. The van der Waals surface area contributed by atoms with Crippen LogP contribution in [0.2, 0.25) is 0 Å². The summed E-state index contributed by atoms with van der Waals surface area (Å²) in [6, 6.07) is 0.854. The van der Waals surface area contributed by atoms with Gasteiger partial charge in [0, 0.05) is 36.4 Å². The summed E-state index contributed by atoms with van der Waals surface area (Å²) in [4.78, 5) is 30.9. The van der Waals surface area contributed by atoms with Crippen molar-refractivity contribution in [1.29, 1.82) is 0 Å². The van der Waals surface area contributed by atoms with Crippen molar-refractivity contribution in [2.24, 2.45) is 0 Å². The molecule has 0 atom stereocenters. The summed E-state index contributed by atoms with van der Waals surface area (Å²) in [5, 5.41) is 7.29. The van der Waals surface area contributed by atoms with Crippen LogP contribution in [0.3, 0.4) is 0 Å². The lowest BCUT2D eigenvalue weighted by atomic mass is 10.2. The van der Waals surface area contributed by atoms with E-state index in [1.807, 2.05) is 0 Å². The topological polar surface area (TPSA) is 105 Å². The Morgan fingerprint density at radius 2 is 2.03 bits per heavy atom. The molecule has 2 aromatic rings. The van der Waals surface area contributed by atoms with Crippen molar-refractivity contribution in [3.63, 3.8) is 0 Å². The summed E-state index contributed by atoms with van der Waals surface area (Å²) in [6.07, 6.45) is -3.49. The van der Waals surface area contributed by atoms with E-state index >= 15 is 0 Å². The first-order valence-corrected chi connectivity index (χ1v) is 9.84. The molecule has 0 aliphatic heterocycles. The standard InChI is InChI=1S/C16H17BrF3N5O3S/c1-3-21-15(27)24-10-6-8(9(17)7-23-10)14-25-12(16(18,19)20)11(29-14)13(26)22-4-5-28-2/h6-7H,3-5H2,1-2H3,(H,22,26)(H2,21,23,24,27). The maximum Gasteiger partial charge on any atom is 0.435 e. The number of rotatable bonds is 7. The van der Waals surface area contributed by atoms with Gasteiger partial charge < -0.3 is 15.4 Å². The zero-order valence-corrected chi connectivity index (χ0v) is 17.7. The maximum absolute atomic E-state index is 13.4. The van der Waals surface area contributed by atoms with Crippen LogP contribution in [0, 0.1) is 0 Å². The Labute approximate surface area is 176 Å². The zero-order valence-electron chi connectivity index (χ0n) is 15.3. The van der Waals surface area contributed by atoms with Crippen LogP contribution < -0.4 is 16.0 Å². The minimum absolute atomic E-state index is 0.0533. The van der Waals surface area contributed by atoms with Crippen molar-refractivity contribution in [3.8, 4) is 10.6 Å². The first-order valence-electron chi connectivity index (χ1n) is 8.23. The van der Waals surface area contributed by atoms with Gasteiger partial charge in [0.25, 0.3) is 5.91 Å². The number of nitrogens with zero attached hydrogens (tertiary/aromatic N) is 2. The van der Waals surface area contributed by atoms with Crippen molar-refractivity contribution in [2.45, 2.75) is 13.1 Å². The number of pyridine rings is 1. The number of carbonyl (C=O) groups excluding carboxylic acids is 2. The van der Waals surface area contributed by atoms with Gasteiger partial charge in [0.15, 0.2) is 5.69 Å². The summed E-state index contributed by atoms with van der Waals surface area (Å²) < 4.78 is 45.4. The Morgan fingerprint density at radius 1 is 1.31 bits per heavy atom. The number of hydrogen-bond acceptors (Lipinski definition) is 6. The molecule has 0 spiro atoms. The number of urea groups is 1. The quantitative estimate of drug-likeness (QED) is 0.509. The number of alkyl halides is 3. The van der Waals surface area contributed by atoms with Crippen molar-refractivity contribution < 1.29 is 27.5 Å². The second kappa shape index (κ2) is 9.98. The molecule has 0 radical (unpaired) electrons. The van der Waals surface area contributed by atoms with E-state index in [0.717, 1.165) is 0 Å². The van der Waals surface area contributed by atoms with Crippen molar-refractivity contribution >= 4 is 45.0 Å². The molecular weight excluding hydrogens is 479 g/mol. The number of thiazole rings is 1. The third kappa shape index (κ3) is 6.11. The lowest BCUT2D eigenvalue weighted by Gasteiger charge is -2.07. The summed E-state index contributed by atoms with van der Waals surface area (Å²) in [7, 11) is 1.41. The van der Waals surface area contributed by atoms with E-state index in [-0.39, 0.29) is 29.5 Å². The third-order valence-corrected chi connectivity index (χ3v) is 5.08. The highest BCUT2D eigenvalue weighted by atomic mass is 79.9. The van der Waals surface area contributed by atoms with Crippen LogP contribution in [0.15, 0.2) is 16.7 Å². The second-order valence-corrected chi connectivity index (χ2v) is 7.33. The Bertz CT molecular complexity index is 891. The average Bonchev–Trinajstić information content (AvgIpc) is 3.09. The molecule has 2 aromatic heterocycles. The highest BCUT2D eigenvalue weighted by Gasteiger charge is 2.40. The van der Waals surface area contributed by atoms with Gasteiger partial charge in [-0.2, -0.15) is 13.2 Å². The Kier molecular flexibility index (Phi) is 7.93. The predicted octanol–water partition coefficient (Wildman–Crippen LogP) is 3.50. The van der Waals surface area contributed by atoms with Crippen LogP contribution in [-0.2, 0) is 10.9 Å². The molecule has 0 saturated carbocycles. The number of halogens is 4. The first-order chi connectivity index (χ1) is 13.7. The van der Waals surface area contributed by atoms with E-state index in [1.165, 1.54) is 19.4 Å². The van der Waals surface area contributed by atoms with E-state index in [1.54, 1.807) is 6.92 Å². The molecule has 2 heterocycles. The van der Waals surface area contributed by atoms with E-state index in [2.05, 4.69) is 41.8 Å². The number of hydrogen-bond donors (Lipinski definition) is 3. The molecule has 3 amide bonds. The molecule has 0 aromatic carbocycles. The normalized spacial score (nSPS) is 11.2. The number of ether oxygens (including phenoxy) is 1. The Hall–Kier alpha value is -2.25. The van der Waals surface area contributed by atoms with Gasteiger partial charge in [-0.15, -0.1) is 11.3 Å². The number of anilines is 1. The fraction of sp³-hybridized carbons (Fsp3) is 0.375. The van der Waals surface area contributed by atoms with Gasteiger partial charge in [0.05, 0.1) is 6.61 Å². The van der Waals surface area contributed by atoms with E-state index in [4.69, 9.17) is 4.74 Å². The zero-order chi connectivity index (χ0) is 21.6. The highest BCUT2D eigenvalue weighted by Crippen LogP contribution is 2.40. The molecule has 2 rings (SSSR count). The minimum Gasteiger partial charge on any atom is -0.383 e. The summed E-state index contributed by atoms with van der Waals surface area (Å²) in [5.41, 5.74) is -1.03. The van der Waals surface area contributed by atoms with Crippen LogP contribution in [0.4, 0.5) is 23.8 Å². The molecule has 29 heavy (non-hydrogen) atoms. The third-order valence-electron chi connectivity index (χ3n) is 3.36. The van der Waals surface area contributed by atoms with Crippen LogP contribution >= 0.6 is 27.3 Å². The van der Waals surface area contributed by atoms with Crippen molar-refractivity contribution in [2.75, 3.05) is 32.1 Å². The smallest absolute Gasteiger partial charge is 0.383 e. The monoisotopic (exact) mass is 495 g/mol. The highest BCUT2D eigenvalue weighted by molar-refractivity contribution is 9.10. The van der Waals surface area contributed by atoms with Gasteiger partial charge in [-0.1, -0.05) is 0 Å². The van der Waals surface area contributed by atoms with E-state index in [0.29, 0.717) is 22.4 Å². The minimum atomic E-state index is -4.82. The fourth-order valence-electron chi connectivity index (χ4n) is 2.12. The van der Waals surface area contributed by atoms with Crippen LogP contribution in [0.25, 0.3) is 10.6 Å². The number of aromatic nitrogens is 2. The van der Waals surface area contributed by atoms with Crippen LogP contribution in [-0.4, -0.2) is 48.7 Å². The second-order valence-electron chi connectivity index (χ2n) is 5.48. The first kappa shape index (κ1) is 23.0. The Morgan fingerprint density at radius 3 is 2.66 bits per heavy atom. The maximum atomic E-state index is 13.4. The van der Waals surface area contributed by atoms with Gasteiger partial charge in [-0.25, -0.2) is 14.8 Å². The van der Waals surface area contributed by atoms with E-state index in [9.17, 15) is 22.8 Å². The molecule has 0 unspecified atom stereocenters. The van der Waals surface area contributed by atoms with Gasteiger partial charge >= 0.3 is 12.2 Å². The van der Waals surface area contributed by atoms with Crippen molar-refractivity contribution in [1.82, 2.24) is 20.6 Å². The molecular formula is C16H17BrF3N5O3S. The van der Waals surface area contributed by atoms with Crippen LogP contribution in [0.1, 0.15) is 22.3 Å².